The molecule has 0 aliphatic rings. The van der Waals surface area contributed by atoms with E-state index in [1.54, 1.807) is 7.05 Å². The maximum Gasteiger partial charge on any atom is 0.169 e. The Kier molecular flexibility index (Phi) is 1.50. The molecule has 0 saturated heterocycles. The van der Waals surface area contributed by atoms with Gasteiger partial charge in [0.2, 0.25) is 0 Å². The van der Waals surface area contributed by atoms with E-state index in [0.717, 1.165) is 0 Å². The Morgan fingerprint density at radius 1 is 1.90 bits per heavy atom. The molecule has 1 aromatic rings. The number of nitrogens with zero attached hydrogens (tertiary/aromatic N) is 3. The Morgan fingerprint density at radius 2 is 2.60 bits per heavy atom. The van der Waals surface area contributed by atoms with E-state index >= 15 is 0 Å². The van der Waals surface area contributed by atoms with Crippen LogP contribution in [0.25, 0.3) is 0 Å². The summed E-state index contributed by atoms with van der Waals surface area (Å²) in [6.45, 7) is 0. The zero-order valence-corrected chi connectivity index (χ0v) is 5.40. The molecule has 0 N–H and O–H groups in total. The maximum absolute atomic E-state index is 10.3. The third kappa shape index (κ3) is 0.778. The quantitative estimate of drug-likeness (QED) is 0.513. The van der Waals surface area contributed by atoms with Gasteiger partial charge in [-0.3, -0.25) is 9.48 Å². The molecule has 10 heavy (non-hydrogen) atoms. The summed E-state index contributed by atoms with van der Waals surface area (Å²) in [6, 6.07) is 1.85. The van der Waals surface area contributed by atoms with Crippen LogP contribution in [-0.2, 0) is 7.05 Å². The molecule has 50 valence electrons. The molecule has 0 unspecified atom stereocenters. The van der Waals surface area contributed by atoms with E-state index < -0.39 is 0 Å². The summed E-state index contributed by atoms with van der Waals surface area (Å²) in [4.78, 5) is 10.3. The number of hydrogen-bond acceptors (Lipinski definition) is 3. The normalized spacial score (nSPS) is 8.80. The predicted molar refractivity (Wildman–Crippen MR) is 33.3 cm³/mol. The van der Waals surface area contributed by atoms with Gasteiger partial charge in [-0.25, -0.2) is 0 Å². The van der Waals surface area contributed by atoms with Gasteiger partial charge in [-0.15, -0.1) is 0 Å². The van der Waals surface area contributed by atoms with Crippen molar-refractivity contribution in [2.75, 3.05) is 0 Å². The Labute approximate surface area is 57.7 Å². The maximum atomic E-state index is 10.3. The smallest absolute Gasteiger partial charge is 0.169 e. The fourth-order valence-corrected chi connectivity index (χ4v) is 0.673. The van der Waals surface area contributed by atoms with E-state index in [2.05, 4.69) is 5.10 Å². The van der Waals surface area contributed by atoms with Crippen LogP contribution in [0.1, 0.15) is 16.1 Å². The van der Waals surface area contributed by atoms with Crippen molar-refractivity contribution in [1.82, 2.24) is 9.78 Å². The standard InChI is InChI=1S/C6H5N3O/c1-9-6(4-10)5(2-7)3-8-9/h3-4H,1H3. The Morgan fingerprint density at radius 3 is 3.00 bits per heavy atom. The van der Waals surface area contributed by atoms with Crippen LogP contribution in [0.3, 0.4) is 0 Å². The summed E-state index contributed by atoms with van der Waals surface area (Å²) in [5.41, 5.74) is 0.639. The molecule has 1 aromatic heterocycles. The molecule has 0 saturated carbocycles. The lowest BCUT2D eigenvalue weighted by molar-refractivity contribution is 0.111. The summed E-state index contributed by atoms with van der Waals surface area (Å²) >= 11 is 0. The highest BCUT2D eigenvalue weighted by atomic mass is 16.1. The van der Waals surface area contributed by atoms with Crippen LogP contribution >= 0.6 is 0 Å². The van der Waals surface area contributed by atoms with Crippen LogP contribution in [0.4, 0.5) is 0 Å². The van der Waals surface area contributed by atoms with Gasteiger partial charge in [0, 0.05) is 7.05 Å². The van der Waals surface area contributed by atoms with E-state index in [-0.39, 0.29) is 0 Å². The molecule has 1 rings (SSSR count). The molecular weight excluding hydrogens is 130 g/mol. The molecule has 0 aromatic carbocycles. The van der Waals surface area contributed by atoms with Crippen molar-refractivity contribution in [2.24, 2.45) is 7.05 Å². The highest BCUT2D eigenvalue weighted by molar-refractivity contribution is 5.76. The predicted octanol–water partition coefficient (Wildman–Crippen LogP) is 0.104. The molecule has 0 bridgehead atoms. The molecule has 0 spiro atoms. The van der Waals surface area contributed by atoms with E-state index in [9.17, 15) is 4.79 Å². The molecule has 4 nitrogen and oxygen atoms in total. The Hall–Kier alpha value is -1.63. The van der Waals surface area contributed by atoms with Crippen LogP contribution in [-0.4, -0.2) is 16.1 Å². The van der Waals surface area contributed by atoms with Gasteiger partial charge in [0.1, 0.15) is 17.3 Å². The van der Waals surface area contributed by atoms with Crippen molar-refractivity contribution in [1.29, 1.82) is 5.26 Å². The molecule has 0 amide bonds. The number of aryl methyl sites for hydroxylation is 1. The van der Waals surface area contributed by atoms with Crippen LogP contribution in [0.2, 0.25) is 0 Å². The minimum atomic E-state index is 0.317. The van der Waals surface area contributed by atoms with Crippen LogP contribution in [0, 0.1) is 11.3 Å². The first-order valence-corrected chi connectivity index (χ1v) is 2.67. The number of carbonyl (C=O) groups excluding carboxylic acids is 1. The first-order valence-electron chi connectivity index (χ1n) is 2.67. The van der Waals surface area contributed by atoms with Crippen molar-refractivity contribution in [3.8, 4) is 6.07 Å². The summed E-state index contributed by atoms with van der Waals surface area (Å²) in [5, 5.41) is 12.1. The van der Waals surface area contributed by atoms with Crippen molar-refractivity contribution in [3.63, 3.8) is 0 Å². The summed E-state index contributed by atoms with van der Waals surface area (Å²) < 4.78 is 1.37. The van der Waals surface area contributed by atoms with Gasteiger partial charge < -0.3 is 0 Å². The minimum Gasteiger partial charge on any atom is -0.296 e. The van der Waals surface area contributed by atoms with E-state index in [1.807, 2.05) is 6.07 Å². The molecule has 0 aliphatic heterocycles. The molecule has 4 heteroatoms. The van der Waals surface area contributed by atoms with Crippen molar-refractivity contribution in [2.45, 2.75) is 0 Å². The summed E-state index contributed by atoms with van der Waals surface area (Å²) in [7, 11) is 1.62. The van der Waals surface area contributed by atoms with E-state index in [1.165, 1.54) is 10.9 Å². The Bertz CT molecular complexity index is 294. The van der Waals surface area contributed by atoms with Gasteiger partial charge in [0.15, 0.2) is 6.29 Å². The second kappa shape index (κ2) is 2.31. The van der Waals surface area contributed by atoms with Gasteiger partial charge in [-0.2, -0.15) is 10.4 Å². The van der Waals surface area contributed by atoms with Gasteiger partial charge in [0.25, 0.3) is 0 Å². The SMILES string of the molecule is Cn1ncc(C#N)c1C=O. The lowest BCUT2D eigenvalue weighted by Crippen LogP contribution is -1.96. The van der Waals surface area contributed by atoms with Crippen molar-refractivity contribution < 1.29 is 4.79 Å². The molecule has 0 radical (unpaired) electrons. The number of aromatic nitrogens is 2. The molecule has 0 fully saturated rings. The highest BCUT2D eigenvalue weighted by Crippen LogP contribution is 2.00. The summed E-state index contributed by atoms with van der Waals surface area (Å²) in [6.07, 6.45) is 1.98. The van der Waals surface area contributed by atoms with Gasteiger partial charge in [0.05, 0.1) is 6.20 Å². The second-order valence-electron chi connectivity index (χ2n) is 1.80. The molecule has 0 aliphatic carbocycles. The molecule has 0 atom stereocenters. The van der Waals surface area contributed by atoms with Gasteiger partial charge >= 0.3 is 0 Å². The van der Waals surface area contributed by atoms with E-state index in [4.69, 9.17) is 5.26 Å². The number of nitriles is 1. The third-order valence-electron chi connectivity index (χ3n) is 1.22. The first kappa shape index (κ1) is 6.49. The number of carbonyl (C=O) groups is 1. The molecule has 1 heterocycles. The zero-order chi connectivity index (χ0) is 7.56. The van der Waals surface area contributed by atoms with Crippen molar-refractivity contribution in [3.05, 3.63) is 17.5 Å². The Balaban J connectivity index is 3.29. The number of hydrogen-bond donors (Lipinski definition) is 0. The number of aldehydes is 1. The monoisotopic (exact) mass is 135 g/mol. The lowest BCUT2D eigenvalue weighted by Gasteiger charge is -1.88. The highest BCUT2D eigenvalue weighted by Gasteiger charge is 2.04. The van der Waals surface area contributed by atoms with Crippen molar-refractivity contribution >= 4 is 6.29 Å². The minimum absolute atomic E-state index is 0.317. The third-order valence-corrected chi connectivity index (χ3v) is 1.22. The van der Waals surface area contributed by atoms with Gasteiger partial charge in [-0.05, 0) is 0 Å². The topological polar surface area (TPSA) is 58.7 Å². The summed E-state index contributed by atoms with van der Waals surface area (Å²) in [5.74, 6) is 0. The van der Waals surface area contributed by atoms with Gasteiger partial charge in [-0.1, -0.05) is 0 Å². The second-order valence-corrected chi connectivity index (χ2v) is 1.80. The van der Waals surface area contributed by atoms with Crippen LogP contribution < -0.4 is 0 Å². The fraction of sp³-hybridized carbons (Fsp3) is 0.167. The zero-order valence-electron chi connectivity index (χ0n) is 5.40. The van der Waals surface area contributed by atoms with Crippen LogP contribution in [0.15, 0.2) is 6.20 Å². The first-order chi connectivity index (χ1) is 4.79. The fourth-order valence-electron chi connectivity index (χ4n) is 0.673. The number of rotatable bonds is 1. The van der Waals surface area contributed by atoms with Crippen LogP contribution in [0.5, 0.6) is 0 Å². The average molecular weight is 135 g/mol. The average Bonchev–Trinajstić information content (AvgIpc) is 2.30. The molecular formula is C6H5N3O. The lowest BCUT2D eigenvalue weighted by atomic mass is 10.3. The largest absolute Gasteiger partial charge is 0.296 e. The van der Waals surface area contributed by atoms with E-state index in [0.29, 0.717) is 17.5 Å².